The standard InChI is InChI=1S/C26H34FN3O/c1-18(2)31-25-11-7-20(8-12-25)14-28-19(3)30(15-21-5-9-24(27)10-6-21)26-22-13-23(26)17-29(4)16-22/h5-12,18,22-23,26,28H,3,13-17H2,1-2,4H3/t22-,23+,26+. The topological polar surface area (TPSA) is 27.7 Å². The highest BCUT2D eigenvalue weighted by atomic mass is 19.1. The van der Waals surface area contributed by atoms with Gasteiger partial charge in [0.15, 0.2) is 0 Å². The Morgan fingerprint density at radius 3 is 2.32 bits per heavy atom. The quantitative estimate of drug-likeness (QED) is 0.637. The van der Waals surface area contributed by atoms with Gasteiger partial charge in [-0.2, -0.15) is 0 Å². The van der Waals surface area contributed by atoms with Crippen molar-refractivity contribution >= 4 is 0 Å². The number of hydrogen-bond donors (Lipinski definition) is 1. The molecule has 4 nitrogen and oxygen atoms in total. The molecule has 31 heavy (non-hydrogen) atoms. The first-order valence-electron chi connectivity index (χ1n) is 11.3. The zero-order valence-electron chi connectivity index (χ0n) is 18.9. The molecular formula is C26H34FN3O. The largest absolute Gasteiger partial charge is 0.491 e. The summed E-state index contributed by atoms with van der Waals surface area (Å²) in [5, 5.41) is 3.54. The van der Waals surface area contributed by atoms with Gasteiger partial charge in [0.1, 0.15) is 11.6 Å². The summed E-state index contributed by atoms with van der Waals surface area (Å²) in [6, 6.07) is 15.5. The fraction of sp³-hybridized carbons (Fsp3) is 0.462. The van der Waals surface area contributed by atoms with Gasteiger partial charge in [-0.1, -0.05) is 30.8 Å². The lowest BCUT2D eigenvalue weighted by atomic mass is 9.65. The molecule has 1 saturated carbocycles. The third kappa shape index (κ3) is 5.21. The lowest BCUT2D eigenvalue weighted by Crippen LogP contribution is -2.63. The van der Waals surface area contributed by atoms with Gasteiger partial charge in [0, 0.05) is 32.2 Å². The van der Waals surface area contributed by atoms with E-state index in [4.69, 9.17) is 4.74 Å². The maximum absolute atomic E-state index is 13.4. The smallest absolute Gasteiger partial charge is 0.123 e. The summed E-state index contributed by atoms with van der Waals surface area (Å²) in [5.41, 5.74) is 2.30. The number of fused-ring (bicyclic) bond motifs is 2. The van der Waals surface area contributed by atoms with Crippen LogP contribution in [0.1, 0.15) is 31.4 Å². The van der Waals surface area contributed by atoms with Crippen molar-refractivity contribution in [2.45, 2.75) is 45.5 Å². The monoisotopic (exact) mass is 423 g/mol. The molecule has 0 amide bonds. The second-order valence-corrected chi connectivity index (χ2v) is 9.33. The third-order valence-corrected chi connectivity index (χ3v) is 6.43. The molecule has 1 N–H and O–H groups in total. The molecular weight excluding hydrogens is 389 g/mol. The van der Waals surface area contributed by atoms with Crippen LogP contribution in [0.4, 0.5) is 4.39 Å². The van der Waals surface area contributed by atoms with E-state index in [1.54, 1.807) is 12.1 Å². The number of likely N-dealkylation sites (tertiary alicyclic amines) is 1. The predicted octanol–water partition coefficient (Wildman–Crippen LogP) is 4.63. The summed E-state index contributed by atoms with van der Waals surface area (Å²) in [4.78, 5) is 4.84. The minimum atomic E-state index is -0.195. The number of nitrogens with zero attached hydrogens (tertiary/aromatic N) is 2. The summed E-state index contributed by atoms with van der Waals surface area (Å²) < 4.78 is 19.1. The van der Waals surface area contributed by atoms with Crippen molar-refractivity contribution in [3.8, 4) is 5.75 Å². The number of benzene rings is 2. The van der Waals surface area contributed by atoms with Crippen LogP contribution in [0.15, 0.2) is 60.9 Å². The molecule has 3 atom stereocenters. The summed E-state index contributed by atoms with van der Waals surface area (Å²) in [7, 11) is 2.21. The van der Waals surface area contributed by atoms with E-state index in [2.05, 4.69) is 40.9 Å². The fourth-order valence-corrected chi connectivity index (χ4v) is 5.04. The average Bonchev–Trinajstić information content (AvgIpc) is 2.73. The van der Waals surface area contributed by atoms with Gasteiger partial charge >= 0.3 is 0 Å². The van der Waals surface area contributed by atoms with Crippen molar-refractivity contribution in [2.24, 2.45) is 11.8 Å². The molecule has 2 aromatic carbocycles. The molecule has 1 saturated heterocycles. The predicted molar refractivity (Wildman–Crippen MR) is 123 cm³/mol. The first kappa shape index (κ1) is 21.7. The van der Waals surface area contributed by atoms with Crippen molar-refractivity contribution in [2.75, 3.05) is 20.1 Å². The molecule has 1 heterocycles. The molecule has 1 aliphatic heterocycles. The Kier molecular flexibility index (Phi) is 6.51. The number of ether oxygens (including phenoxy) is 1. The van der Waals surface area contributed by atoms with Gasteiger partial charge in [-0.15, -0.1) is 0 Å². The maximum Gasteiger partial charge on any atom is 0.123 e. The SMILES string of the molecule is C=C(NCc1ccc(OC(C)C)cc1)N(Cc1ccc(F)cc1)[C@H]1[C@@H]2C[C@H]1CN(C)C2. The molecule has 5 heteroatoms. The summed E-state index contributed by atoms with van der Waals surface area (Å²) >= 11 is 0. The molecule has 4 rings (SSSR count). The van der Waals surface area contributed by atoms with Gasteiger partial charge in [-0.25, -0.2) is 4.39 Å². The van der Waals surface area contributed by atoms with Crippen LogP contribution in [0.2, 0.25) is 0 Å². The second kappa shape index (κ2) is 9.31. The molecule has 0 aromatic heterocycles. The minimum Gasteiger partial charge on any atom is -0.491 e. The first-order valence-corrected chi connectivity index (χ1v) is 11.3. The Morgan fingerprint density at radius 2 is 1.71 bits per heavy atom. The molecule has 1 aliphatic carbocycles. The fourth-order valence-electron chi connectivity index (χ4n) is 5.04. The van der Waals surface area contributed by atoms with Gasteiger partial charge in [-0.3, -0.25) is 0 Å². The molecule has 0 radical (unpaired) electrons. The molecule has 2 aromatic rings. The van der Waals surface area contributed by atoms with Crippen LogP contribution in [0, 0.1) is 17.7 Å². The van der Waals surface area contributed by atoms with Crippen molar-refractivity contribution in [1.29, 1.82) is 0 Å². The van der Waals surface area contributed by atoms with Gasteiger partial charge in [0.05, 0.1) is 11.9 Å². The van der Waals surface area contributed by atoms with Crippen LogP contribution in [0.5, 0.6) is 5.75 Å². The minimum absolute atomic E-state index is 0.171. The molecule has 2 fully saturated rings. The lowest BCUT2D eigenvalue weighted by Gasteiger charge is -2.57. The molecule has 0 unspecified atom stereocenters. The molecule has 2 bridgehead atoms. The van der Waals surface area contributed by atoms with E-state index in [9.17, 15) is 4.39 Å². The highest BCUT2D eigenvalue weighted by molar-refractivity contribution is 5.28. The summed E-state index contributed by atoms with van der Waals surface area (Å²) in [6.07, 6.45) is 1.46. The van der Waals surface area contributed by atoms with Crippen LogP contribution in [0.25, 0.3) is 0 Å². The highest BCUT2D eigenvalue weighted by Gasteiger charge is 2.48. The van der Waals surface area contributed by atoms with E-state index < -0.39 is 0 Å². The van der Waals surface area contributed by atoms with Crippen LogP contribution in [-0.2, 0) is 13.1 Å². The number of piperidine rings is 2. The van der Waals surface area contributed by atoms with E-state index in [0.29, 0.717) is 24.4 Å². The average molecular weight is 424 g/mol. The highest BCUT2D eigenvalue weighted by Crippen LogP contribution is 2.44. The van der Waals surface area contributed by atoms with Crippen molar-refractivity contribution < 1.29 is 9.13 Å². The second-order valence-electron chi connectivity index (χ2n) is 9.33. The zero-order valence-corrected chi connectivity index (χ0v) is 18.9. The number of rotatable bonds is 9. The number of hydrogen-bond acceptors (Lipinski definition) is 4. The van der Waals surface area contributed by atoms with Gasteiger partial charge in [0.2, 0.25) is 0 Å². The van der Waals surface area contributed by atoms with Crippen LogP contribution in [-0.4, -0.2) is 42.1 Å². The Bertz CT molecular complexity index is 869. The summed E-state index contributed by atoms with van der Waals surface area (Å²) in [5.74, 6) is 2.96. The molecule has 2 aliphatic rings. The van der Waals surface area contributed by atoms with Crippen molar-refractivity contribution in [1.82, 2.24) is 15.1 Å². The van der Waals surface area contributed by atoms with Gasteiger partial charge in [0.25, 0.3) is 0 Å². The van der Waals surface area contributed by atoms with E-state index >= 15 is 0 Å². The lowest BCUT2D eigenvalue weighted by molar-refractivity contribution is -0.0609. The van der Waals surface area contributed by atoms with E-state index in [-0.39, 0.29) is 11.9 Å². The zero-order chi connectivity index (χ0) is 22.0. The van der Waals surface area contributed by atoms with Crippen LogP contribution in [0.3, 0.4) is 0 Å². The van der Waals surface area contributed by atoms with Crippen molar-refractivity contribution in [3.63, 3.8) is 0 Å². The van der Waals surface area contributed by atoms with E-state index in [0.717, 1.165) is 36.8 Å². The van der Waals surface area contributed by atoms with Gasteiger partial charge < -0.3 is 19.9 Å². The Balaban J connectivity index is 1.43. The van der Waals surface area contributed by atoms with E-state index in [1.165, 1.54) is 12.0 Å². The first-order chi connectivity index (χ1) is 14.9. The van der Waals surface area contributed by atoms with E-state index in [1.807, 2.05) is 38.1 Å². The number of halogens is 1. The molecule has 0 spiro atoms. The van der Waals surface area contributed by atoms with Crippen LogP contribution >= 0.6 is 0 Å². The summed E-state index contributed by atoms with van der Waals surface area (Å²) in [6.45, 7) is 12.2. The molecule has 166 valence electrons. The Hall–Kier alpha value is -2.53. The van der Waals surface area contributed by atoms with Crippen LogP contribution < -0.4 is 10.1 Å². The Labute approximate surface area is 185 Å². The maximum atomic E-state index is 13.4. The third-order valence-electron chi connectivity index (χ3n) is 6.43. The van der Waals surface area contributed by atoms with Crippen molar-refractivity contribution in [3.05, 3.63) is 77.9 Å². The normalized spacial score (nSPS) is 22.7. The van der Waals surface area contributed by atoms with Gasteiger partial charge in [-0.05, 0) is 74.5 Å². The Morgan fingerprint density at radius 1 is 1.10 bits per heavy atom. The number of nitrogens with one attached hydrogen (secondary N) is 1.